The van der Waals surface area contributed by atoms with Gasteiger partial charge in [0.05, 0.1) is 35.2 Å². The maximum absolute atomic E-state index is 16.3. The number of piperidine rings is 2. The summed E-state index contributed by atoms with van der Waals surface area (Å²) < 4.78 is 47.7. The minimum absolute atomic E-state index is 0.0987. The first-order valence-corrected chi connectivity index (χ1v) is 22.3. The highest BCUT2D eigenvalue weighted by molar-refractivity contribution is 6.35. The fraction of sp³-hybridized carbons (Fsp3) is 0.413. The van der Waals surface area contributed by atoms with Gasteiger partial charge in [0.15, 0.2) is 5.65 Å². The number of likely N-dealkylation sites (tertiary alicyclic amines) is 2. The van der Waals surface area contributed by atoms with E-state index < -0.39 is 42.0 Å². The van der Waals surface area contributed by atoms with Crippen LogP contribution in [0.3, 0.4) is 0 Å². The predicted octanol–water partition coefficient (Wildman–Crippen LogP) is 6.54. The Morgan fingerprint density at radius 2 is 1.72 bits per heavy atom. The molecule has 7 heterocycles. The van der Waals surface area contributed by atoms with Crippen molar-refractivity contribution in [1.82, 2.24) is 40.0 Å². The Kier molecular flexibility index (Phi) is 10.7. The molecule has 5 aromatic rings. The molecule has 3 saturated heterocycles. The number of urea groups is 1. The molecule has 0 radical (unpaired) electrons. The molecular weight excluding hydrogens is 863 g/mol. The maximum Gasteiger partial charge on any atom is 0.328 e. The van der Waals surface area contributed by atoms with Crippen molar-refractivity contribution in [2.75, 3.05) is 61.4 Å². The summed E-state index contributed by atoms with van der Waals surface area (Å²) in [7, 11) is 1.76. The van der Waals surface area contributed by atoms with E-state index in [2.05, 4.69) is 25.9 Å². The molecule has 10 rings (SSSR count). The summed E-state index contributed by atoms with van der Waals surface area (Å²) in [5, 5.41) is 12.8. The molecule has 3 aromatic heterocycles. The smallest absolute Gasteiger partial charge is 0.328 e. The second-order valence-corrected chi connectivity index (χ2v) is 18.1. The van der Waals surface area contributed by atoms with Crippen molar-refractivity contribution in [3.63, 3.8) is 0 Å². The van der Waals surface area contributed by atoms with Gasteiger partial charge in [-0.3, -0.25) is 34.5 Å². The Labute approximate surface area is 377 Å². The number of fused-ring (bicyclic) bond motifs is 2. The minimum Gasteiger partial charge on any atom is -0.373 e. The van der Waals surface area contributed by atoms with Gasteiger partial charge in [-0.2, -0.15) is 9.61 Å². The van der Waals surface area contributed by atoms with Gasteiger partial charge >= 0.3 is 6.03 Å². The monoisotopic (exact) mass is 909 g/mol. The van der Waals surface area contributed by atoms with E-state index in [-0.39, 0.29) is 56.3 Å². The van der Waals surface area contributed by atoms with Crippen LogP contribution in [0.1, 0.15) is 69.5 Å². The van der Waals surface area contributed by atoms with Gasteiger partial charge in [0.1, 0.15) is 23.4 Å². The van der Waals surface area contributed by atoms with E-state index in [1.165, 1.54) is 17.2 Å². The number of halogens is 4. The van der Waals surface area contributed by atoms with E-state index in [1.54, 1.807) is 40.5 Å². The molecule has 65 heavy (non-hydrogen) atoms. The van der Waals surface area contributed by atoms with Crippen LogP contribution in [0, 0.1) is 12.3 Å². The molecule has 5 aliphatic rings. The van der Waals surface area contributed by atoms with Crippen molar-refractivity contribution in [3.8, 4) is 11.3 Å². The van der Waals surface area contributed by atoms with Crippen LogP contribution in [0.25, 0.3) is 16.9 Å². The maximum atomic E-state index is 16.3. The van der Waals surface area contributed by atoms with E-state index >= 15 is 8.78 Å². The number of benzene rings is 2. The normalized spacial score (nSPS) is 21.4. The Balaban J connectivity index is 0.786. The summed E-state index contributed by atoms with van der Waals surface area (Å²) >= 11 is 6.55. The number of carbonyl (C=O) groups is 4. The average molecular weight is 910 g/mol. The number of hydrogen-bond donors (Lipinski definition) is 3. The number of imide groups is 1. The number of alkyl halides is 3. The number of aryl methyl sites for hydroxylation is 1. The molecule has 1 spiro atoms. The van der Waals surface area contributed by atoms with Gasteiger partial charge in [0.2, 0.25) is 5.91 Å². The van der Waals surface area contributed by atoms with Crippen molar-refractivity contribution >= 4 is 64.0 Å². The largest absolute Gasteiger partial charge is 0.373 e. The third-order valence-corrected chi connectivity index (χ3v) is 14.2. The van der Waals surface area contributed by atoms with Crippen molar-refractivity contribution in [3.05, 3.63) is 93.8 Å². The summed E-state index contributed by atoms with van der Waals surface area (Å²) in [5.41, 5.74) is 5.17. The first kappa shape index (κ1) is 42.7. The molecule has 1 aliphatic carbocycles. The van der Waals surface area contributed by atoms with Crippen LogP contribution in [0.2, 0.25) is 5.02 Å². The lowest BCUT2D eigenvalue weighted by atomic mass is 9.68. The molecule has 1 saturated carbocycles. The Morgan fingerprint density at radius 1 is 0.954 bits per heavy atom. The quantitative estimate of drug-likeness (QED) is 0.148. The minimum atomic E-state index is -2.98. The molecule has 1 unspecified atom stereocenters. The fourth-order valence-electron chi connectivity index (χ4n) is 9.85. The Bertz CT molecular complexity index is 2760. The summed E-state index contributed by atoms with van der Waals surface area (Å²) in [6, 6.07) is 13.8. The highest BCUT2D eigenvalue weighted by atomic mass is 35.5. The average Bonchev–Trinajstić information content (AvgIpc) is 3.60. The highest BCUT2D eigenvalue weighted by Gasteiger charge is 2.57. The molecule has 4 fully saturated rings. The first-order chi connectivity index (χ1) is 31.2. The van der Waals surface area contributed by atoms with Gasteiger partial charge in [0.25, 0.3) is 17.7 Å². The number of carbonyl (C=O) groups excluding carboxylic acids is 4. The van der Waals surface area contributed by atoms with Gasteiger partial charge in [-0.25, -0.2) is 22.9 Å². The molecule has 338 valence electrons. The molecule has 15 nitrogen and oxygen atoms in total. The van der Waals surface area contributed by atoms with Crippen LogP contribution in [0.5, 0.6) is 0 Å². The second kappa shape index (κ2) is 16.3. The molecule has 0 bridgehead atoms. The number of pyridine rings is 1. The number of amides is 5. The second-order valence-electron chi connectivity index (χ2n) is 17.8. The number of hydrogen-bond acceptors (Lipinski definition) is 10. The van der Waals surface area contributed by atoms with E-state index in [4.69, 9.17) is 21.6 Å². The molecule has 2 aromatic carbocycles. The van der Waals surface area contributed by atoms with Gasteiger partial charge in [-0.15, -0.1) is 0 Å². The summed E-state index contributed by atoms with van der Waals surface area (Å²) in [6.07, 6.45) is 3.89. The zero-order valence-corrected chi connectivity index (χ0v) is 36.6. The van der Waals surface area contributed by atoms with Gasteiger partial charge < -0.3 is 20.4 Å². The van der Waals surface area contributed by atoms with Crippen molar-refractivity contribution < 1.29 is 32.3 Å². The zero-order valence-electron chi connectivity index (χ0n) is 35.8. The molecule has 5 amide bonds. The Hall–Kier alpha value is -6.27. The van der Waals surface area contributed by atoms with Crippen LogP contribution in [-0.4, -0.2) is 118 Å². The van der Waals surface area contributed by atoms with Crippen LogP contribution in [0.4, 0.5) is 41.0 Å². The van der Waals surface area contributed by atoms with Gasteiger partial charge in [-0.05, 0) is 80.1 Å². The summed E-state index contributed by atoms with van der Waals surface area (Å²) in [6.45, 7) is 3.23. The highest BCUT2D eigenvalue weighted by Crippen LogP contribution is 2.51. The van der Waals surface area contributed by atoms with Crippen LogP contribution in [-0.2, 0) is 17.8 Å². The van der Waals surface area contributed by atoms with Gasteiger partial charge in [-0.1, -0.05) is 29.8 Å². The van der Waals surface area contributed by atoms with E-state index in [0.717, 1.165) is 28.1 Å². The standard InChI is InChI=1S/C46H47ClF3N11O4/c1-26-18-28(19-36(40(26)47)60-14-9-39(62)56-44(60)65)43(64)58-16-11-45(12-17-58)10-15-57(25-46(45,49)50)24-27-6-7-33(52-22-27)29-4-3-5-35-30(29)8-13-59(35)38-21-37(51-2)61-41(55-38)31(23-53-61)42(63)54-34-20-32(34)48/h3-7,18-19,21-23,32,34,51H,8-17,20,24-25H2,1-2H3,(H,54,63)(H,56,62,65)/t32?,34-/m1/s1. The molecular formula is C46H47ClF3N11O4. The van der Waals surface area contributed by atoms with Crippen molar-refractivity contribution in [1.29, 1.82) is 0 Å². The number of nitrogens with one attached hydrogen (secondary N) is 3. The fourth-order valence-corrected chi connectivity index (χ4v) is 10.1. The number of nitrogens with zero attached hydrogens (tertiary/aromatic N) is 8. The van der Waals surface area contributed by atoms with Crippen LogP contribution >= 0.6 is 11.6 Å². The Morgan fingerprint density at radius 3 is 2.43 bits per heavy atom. The third kappa shape index (κ3) is 7.69. The predicted molar refractivity (Wildman–Crippen MR) is 238 cm³/mol. The molecule has 3 N–H and O–H groups in total. The van der Waals surface area contributed by atoms with E-state index in [9.17, 15) is 23.6 Å². The van der Waals surface area contributed by atoms with Crippen LogP contribution in [0.15, 0.2) is 60.9 Å². The summed E-state index contributed by atoms with van der Waals surface area (Å²) in [4.78, 5) is 67.6. The SMILES string of the molecule is CNc1cc(N2CCc3c(-c4ccc(CN5CCC6(CCN(C(=O)c7cc(C)c(Cl)c(N8CCC(=O)NC8=O)c7)CC6)C(F)(F)C5)cn4)cccc32)nc2c(C(=O)N[C@@H]3CC3F)cnn12. The molecule has 19 heteroatoms. The number of rotatable bonds is 9. The first-order valence-electron chi connectivity index (χ1n) is 21.9. The third-order valence-electron chi connectivity index (χ3n) is 13.7. The van der Waals surface area contributed by atoms with E-state index in [0.29, 0.717) is 78.0 Å². The molecule has 2 atom stereocenters. The number of anilines is 4. The topological polar surface area (TPSA) is 160 Å². The lowest BCUT2D eigenvalue weighted by Crippen LogP contribution is -2.59. The lowest BCUT2D eigenvalue weighted by Gasteiger charge is -2.51. The molecule has 4 aliphatic heterocycles. The van der Waals surface area contributed by atoms with Gasteiger partial charge in [0, 0.05) is 87.1 Å². The summed E-state index contributed by atoms with van der Waals surface area (Å²) in [5.74, 6) is -2.85. The zero-order chi connectivity index (χ0) is 45.4. The number of aromatic nitrogens is 4. The van der Waals surface area contributed by atoms with E-state index in [1.807, 2.05) is 36.4 Å². The van der Waals surface area contributed by atoms with Crippen molar-refractivity contribution in [2.45, 2.75) is 70.1 Å². The lowest BCUT2D eigenvalue weighted by molar-refractivity contribution is -0.186. The van der Waals surface area contributed by atoms with Crippen LogP contribution < -0.4 is 25.8 Å². The van der Waals surface area contributed by atoms with Crippen molar-refractivity contribution in [2.24, 2.45) is 5.41 Å².